The minimum Gasteiger partial charge on any atom is -0.463 e. The van der Waals surface area contributed by atoms with Gasteiger partial charge < -0.3 is 4.42 Å². The van der Waals surface area contributed by atoms with Crippen LogP contribution in [0.15, 0.2) is 33.7 Å². The number of nitrogens with zero attached hydrogens (tertiary/aromatic N) is 1. The van der Waals surface area contributed by atoms with Gasteiger partial charge in [0.15, 0.2) is 5.76 Å². The van der Waals surface area contributed by atoms with Gasteiger partial charge in [-0.2, -0.15) is 5.10 Å². The van der Waals surface area contributed by atoms with Gasteiger partial charge in [0.25, 0.3) is 5.56 Å². The Kier molecular flexibility index (Phi) is 1.73. The van der Waals surface area contributed by atoms with E-state index in [-0.39, 0.29) is 5.56 Å². The predicted octanol–water partition coefficient (Wildman–Crippen LogP) is 1.34. The van der Waals surface area contributed by atoms with Crippen molar-refractivity contribution in [2.45, 2.75) is 6.92 Å². The Balaban J connectivity index is 2.60. The summed E-state index contributed by atoms with van der Waals surface area (Å²) >= 11 is 0. The first-order valence-corrected chi connectivity index (χ1v) is 3.87. The Labute approximate surface area is 74.2 Å². The van der Waals surface area contributed by atoms with Crippen molar-refractivity contribution in [2.75, 3.05) is 0 Å². The summed E-state index contributed by atoms with van der Waals surface area (Å²) in [5, 5.41) is 6.25. The topological polar surface area (TPSA) is 58.9 Å². The van der Waals surface area contributed by atoms with Crippen molar-refractivity contribution >= 4 is 0 Å². The van der Waals surface area contributed by atoms with Gasteiger partial charge in [-0.3, -0.25) is 4.79 Å². The SMILES string of the molecule is Cc1cc(=O)[nH]nc1-c1ccco1. The second kappa shape index (κ2) is 2.90. The summed E-state index contributed by atoms with van der Waals surface area (Å²) in [6, 6.07) is 5.07. The molecule has 0 radical (unpaired) electrons. The number of rotatable bonds is 1. The maximum atomic E-state index is 10.9. The summed E-state index contributed by atoms with van der Waals surface area (Å²) < 4.78 is 5.16. The molecule has 0 fully saturated rings. The molecule has 13 heavy (non-hydrogen) atoms. The molecule has 1 N–H and O–H groups in total. The quantitative estimate of drug-likeness (QED) is 0.713. The lowest BCUT2D eigenvalue weighted by Crippen LogP contribution is -2.08. The molecule has 0 spiro atoms. The average molecular weight is 176 g/mol. The summed E-state index contributed by atoms with van der Waals surface area (Å²) in [4.78, 5) is 10.9. The molecule has 0 amide bonds. The monoisotopic (exact) mass is 176 g/mol. The van der Waals surface area contributed by atoms with Gasteiger partial charge in [0.1, 0.15) is 5.69 Å². The molecule has 0 saturated carbocycles. The number of nitrogens with one attached hydrogen (secondary N) is 1. The lowest BCUT2D eigenvalue weighted by Gasteiger charge is -1.97. The fraction of sp³-hybridized carbons (Fsp3) is 0.111. The molecule has 0 bridgehead atoms. The summed E-state index contributed by atoms with van der Waals surface area (Å²) in [6.07, 6.45) is 1.57. The van der Waals surface area contributed by atoms with Crippen molar-refractivity contribution in [3.05, 3.63) is 40.4 Å². The normalized spacial score (nSPS) is 10.2. The zero-order valence-electron chi connectivity index (χ0n) is 7.07. The zero-order valence-corrected chi connectivity index (χ0v) is 7.07. The number of furan rings is 1. The van der Waals surface area contributed by atoms with E-state index in [9.17, 15) is 4.79 Å². The van der Waals surface area contributed by atoms with Gasteiger partial charge in [0.2, 0.25) is 0 Å². The van der Waals surface area contributed by atoms with Crippen LogP contribution >= 0.6 is 0 Å². The van der Waals surface area contributed by atoms with E-state index in [1.165, 1.54) is 6.07 Å². The number of H-pyrrole nitrogens is 1. The second-order valence-electron chi connectivity index (χ2n) is 2.74. The van der Waals surface area contributed by atoms with Gasteiger partial charge in [-0.05, 0) is 24.6 Å². The fourth-order valence-corrected chi connectivity index (χ4v) is 1.16. The molecule has 0 aliphatic heterocycles. The van der Waals surface area contributed by atoms with E-state index in [2.05, 4.69) is 10.2 Å². The van der Waals surface area contributed by atoms with E-state index in [1.807, 2.05) is 6.92 Å². The summed E-state index contributed by atoms with van der Waals surface area (Å²) in [5.74, 6) is 0.661. The molecule has 0 saturated heterocycles. The molecule has 2 aromatic heterocycles. The molecule has 2 heterocycles. The van der Waals surface area contributed by atoms with Crippen molar-refractivity contribution in [3.8, 4) is 11.5 Å². The number of aromatic amines is 1. The minimum atomic E-state index is -0.201. The number of hydrogen-bond acceptors (Lipinski definition) is 3. The van der Waals surface area contributed by atoms with Crippen LogP contribution in [0.3, 0.4) is 0 Å². The predicted molar refractivity (Wildman–Crippen MR) is 47.3 cm³/mol. The van der Waals surface area contributed by atoms with Crippen molar-refractivity contribution < 1.29 is 4.42 Å². The molecule has 0 aromatic carbocycles. The van der Waals surface area contributed by atoms with Crippen LogP contribution in [0, 0.1) is 6.92 Å². The van der Waals surface area contributed by atoms with Gasteiger partial charge in [-0.25, -0.2) is 5.10 Å². The number of aryl methyl sites for hydroxylation is 1. The second-order valence-corrected chi connectivity index (χ2v) is 2.74. The minimum absolute atomic E-state index is 0.201. The maximum absolute atomic E-state index is 10.9. The molecule has 66 valence electrons. The highest BCUT2D eigenvalue weighted by Crippen LogP contribution is 2.18. The fourth-order valence-electron chi connectivity index (χ4n) is 1.16. The highest BCUT2D eigenvalue weighted by molar-refractivity contribution is 5.55. The van der Waals surface area contributed by atoms with E-state index in [1.54, 1.807) is 18.4 Å². The van der Waals surface area contributed by atoms with E-state index >= 15 is 0 Å². The lowest BCUT2D eigenvalue weighted by molar-refractivity contribution is 0.578. The standard InChI is InChI=1S/C9H8N2O2/c1-6-5-8(12)10-11-9(6)7-3-2-4-13-7/h2-5H,1H3,(H,10,12). The first kappa shape index (κ1) is 7.79. The van der Waals surface area contributed by atoms with Crippen molar-refractivity contribution in [2.24, 2.45) is 0 Å². The lowest BCUT2D eigenvalue weighted by atomic mass is 10.2. The van der Waals surface area contributed by atoms with Crippen LogP contribution < -0.4 is 5.56 Å². The molecule has 2 aromatic rings. The van der Waals surface area contributed by atoms with E-state index < -0.39 is 0 Å². The third-order valence-electron chi connectivity index (χ3n) is 1.75. The first-order chi connectivity index (χ1) is 6.27. The Hall–Kier alpha value is -1.84. The molecule has 4 nitrogen and oxygen atoms in total. The molecule has 0 aliphatic rings. The molecule has 0 unspecified atom stereocenters. The largest absolute Gasteiger partial charge is 0.463 e. The van der Waals surface area contributed by atoms with Gasteiger partial charge in [-0.15, -0.1) is 0 Å². The summed E-state index contributed by atoms with van der Waals surface area (Å²) in [5.41, 5.74) is 1.27. The van der Waals surface area contributed by atoms with Crippen LogP contribution in [0.2, 0.25) is 0 Å². The van der Waals surface area contributed by atoms with Crippen LogP contribution in [0.5, 0.6) is 0 Å². The highest BCUT2D eigenvalue weighted by Gasteiger charge is 2.05. The van der Waals surface area contributed by atoms with Gasteiger partial charge in [0, 0.05) is 6.07 Å². The highest BCUT2D eigenvalue weighted by atomic mass is 16.3. The Morgan fingerprint density at radius 1 is 1.54 bits per heavy atom. The molecule has 0 aliphatic carbocycles. The zero-order chi connectivity index (χ0) is 9.26. The third-order valence-corrected chi connectivity index (χ3v) is 1.75. The molecular formula is C9H8N2O2. The average Bonchev–Trinajstić information content (AvgIpc) is 2.56. The third kappa shape index (κ3) is 1.38. The Morgan fingerprint density at radius 2 is 2.38 bits per heavy atom. The number of hydrogen-bond donors (Lipinski definition) is 1. The van der Waals surface area contributed by atoms with Gasteiger partial charge >= 0.3 is 0 Å². The summed E-state index contributed by atoms with van der Waals surface area (Å²) in [6.45, 7) is 1.82. The molecule has 0 atom stereocenters. The van der Waals surface area contributed by atoms with Gasteiger partial charge in [-0.1, -0.05) is 0 Å². The van der Waals surface area contributed by atoms with Crippen LogP contribution in [-0.2, 0) is 0 Å². The van der Waals surface area contributed by atoms with Crippen LogP contribution in [-0.4, -0.2) is 10.2 Å². The summed E-state index contributed by atoms with van der Waals surface area (Å²) in [7, 11) is 0. The Bertz CT molecular complexity index is 457. The van der Waals surface area contributed by atoms with Gasteiger partial charge in [0.05, 0.1) is 6.26 Å². The van der Waals surface area contributed by atoms with Crippen LogP contribution in [0.25, 0.3) is 11.5 Å². The van der Waals surface area contributed by atoms with E-state index in [4.69, 9.17) is 4.42 Å². The van der Waals surface area contributed by atoms with Crippen molar-refractivity contribution in [3.63, 3.8) is 0 Å². The molecule has 2 rings (SSSR count). The number of aromatic nitrogens is 2. The van der Waals surface area contributed by atoms with E-state index in [0.29, 0.717) is 11.5 Å². The molecular weight excluding hydrogens is 168 g/mol. The van der Waals surface area contributed by atoms with E-state index in [0.717, 1.165) is 5.56 Å². The smallest absolute Gasteiger partial charge is 0.264 e. The van der Waals surface area contributed by atoms with Crippen molar-refractivity contribution in [1.29, 1.82) is 0 Å². The van der Waals surface area contributed by atoms with Crippen molar-refractivity contribution in [1.82, 2.24) is 10.2 Å². The maximum Gasteiger partial charge on any atom is 0.264 e. The Morgan fingerprint density at radius 3 is 3.00 bits per heavy atom. The van der Waals surface area contributed by atoms with Crippen LogP contribution in [0.1, 0.15) is 5.56 Å². The molecule has 4 heteroatoms. The van der Waals surface area contributed by atoms with Crippen LogP contribution in [0.4, 0.5) is 0 Å². The first-order valence-electron chi connectivity index (χ1n) is 3.87.